The summed E-state index contributed by atoms with van der Waals surface area (Å²) in [6.45, 7) is 1.87. The molecular weight excluding hydrogens is 172 g/mol. The average Bonchev–Trinajstić information content (AvgIpc) is 1.97. The molecule has 0 saturated heterocycles. The Labute approximate surface area is 76.8 Å². The van der Waals surface area contributed by atoms with Crippen molar-refractivity contribution in [3.05, 3.63) is 0 Å². The molecule has 0 aromatic heterocycles. The fraction of sp³-hybridized carbons (Fsp3) is 0.714. The smallest absolute Gasteiger partial charge is 0.323 e. The molecule has 76 valence electrons. The van der Waals surface area contributed by atoms with Crippen molar-refractivity contribution in [2.45, 2.75) is 25.3 Å². The second-order valence-corrected chi connectivity index (χ2v) is 3.13. The van der Waals surface area contributed by atoms with Crippen LogP contribution in [0.25, 0.3) is 0 Å². The third-order valence-corrected chi connectivity index (χ3v) is 1.64. The predicted octanol–water partition coefficient (Wildman–Crippen LogP) is -1.16. The highest BCUT2D eigenvalue weighted by atomic mass is 16.4. The van der Waals surface area contributed by atoms with Gasteiger partial charge in [-0.2, -0.15) is 0 Å². The van der Waals surface area contributed by atoms with E-state index in [9.17, 15) is 4.79 Å². The number of carboxylic acid groups (broad SMARTS) is 1. The topological polar surface area (TPSA) is 128 Å². The molecule has 0 heterocycles. The van der Waals surface area contributed by atoms with E-state index in [2.05, 4.69) is 4.99 Å². The maximum atomic E-state index is 10.5. The van der Waals surface area contributed by atoms with Gasteiger partial charge in [0, 0.05) is 6.54 Å². The fourth-order valence-electron chi connectivity index (χ4n) is 0.761. The minimum Gasteiger partial charge on any atom is -0.480 e. The van der Waals surface area contributed by atoms with E-state index in [1.165, 1.54) is 6.92 Å². The lowest BCUT2D eigenvalue weighted by atomic mass is 9.98. The first-order valence-corrected chi connectivity index (χ1v) is 3.94. The second-order valence-electron chi connectivity index (χ2n) is 3.13. The van der Waals surface area contributed by atoms with Crippen LogP contribution in [0.15, 0.2) is 4.99 Å². The maximum Gasteiger partial charge on any atom is 0.323 e. The van der Waals surface area contributed by atoms with Crippen LogP contribution in [-0.4, -0.2) is 29.1 Å². The van der Waals surface area contributed by atoms with Crippen LogP contribution < -0.4 is 17.2 Å². The monoisotopic (exact) mass is 188 g/mol. The summed E-state index contributed by atoms with van der Waals surface area (Å²) in [5, 5.41) is 8.64. The van der Waals surface area contributed by atoms with E-state index in [4.69, 9.17) is 22.3 Å². The summed E-state index contributed by atoms with van der Waals surface area (Å²) in [7, 11) is 0. The number of carboxylic acids is 1. The third-order valence-electron chi connectivity index (χ3n) is 1.64. The molecule has 0 radical (unpaired) electrons. The number of carbonyl (C=O) groups is 1. The number of hydrogen-bond donors (Lipinski definition) is 4. The Morgan fingerprint density at radius 1 is 1.54 bits per heavy atom. The molecule has 0 bridgehead atoms. The van der Waals surface area contributed by atoms with Gasteiger partial charge in [0.15, 0.2) is 5.96 Å². The number of nitrogens with zero attached hydrogens (tertiary/aromatic N) is 1. The van der Waals surface area contributed by atoms with Crippen molar-refractivity contribution < 1.29 is 9.90 Å². The molecule has 7 N–H and O–H groups in total. The molecule has 0 saturated carbocycles. The van der Waals surface area contributed by atoms with Crippen LogP contribution in [0.4, 0.5) is 0 Å². The molecule has 0 aliphatic rings. The Kier molecular flexibility index (Phi) is 4.19. The zero-order valence-corrected chi connectivity index (χ0v) is 7.66. The zero-order chi connectivity index (χ0) is 10.5. The Bertz CT molecular complexity index is 209. The molecule has 0 fully saturated rings. The molecule has 6 nitrogen and oxygen atoms in total. The summed E-state index contributed by atoms with van der Waals surface area (Å²) in [4.78, 5) is 14.2. The summed E-state index contributed by atoms with van der Waals surface area (Å²) in [6, 6.07) is 0. The molecule has 6 heteroatoms. The highest BCUT2D eigenvalue weighted by Gasteiger charge is 2.26. The maximum absolute atomic E-state index is 10.5. The Balaban J connectivity index is 3.77. The number of aliphatic imine (C=N–C) groups is 1. The van der Waals surface area contributed by atoms with Gasteiger partial charge in [-0.15, -0.1) is 0 Å². The third kappa shape index (κ3) is 5.02. The van der Waals surface area contributed by atoms with Crippen LogP contribution in [0.2, 0.25) is 0 Å². The van der Waals surface area contributed by atoms with Gasteiger partial charge in [-0.3, -0.25) is 9.79 Å². The van der Waals surface area contributed by atoms with Crippen LogP contribution in [0.1, 0.15) is 19.8 Å². The highest BCUT2D eigenvalue weighted by Crippen LogP contribution is 2.08. The van der Waals surface area contributed by atoms with E-state index in [0.717, 1.165) is 0 Å². The van der Waals surface area contributed by atoms with Gasteiger partial charge in [0.1, 0.15) is 5.54 Å². The molecule has 0 amide bonds. The zero-order valence-electron chi connectivity index (χ0n) is 7.66. The van der Waals surface area contributed by atoms with Gasteiger partial charge in [0.2, 0.25) is 0 Å². The molecule has 0 aromatic carbocycles. The van der Waals surface area contributed by atoms with Gasteiger partial charge in [-0.1, -0.05) is 0 Å². The minimum absolute atomic E-state index is 0.00838. The lowest BCUT2D eigenvalue weighted by molar-refractivity contribution is -0.142. The fourth-order valence-corrected chi connectivity index (χ4v) is 0.761. The highest BCUT2D eigenvalue weighted by molar-refractivity contribution is 5.77. The molecule has 0 rings (SSSR count). The lowest BCUT2D eigenvalue weighted by Crippen LogP contribution is -2.44. The van der Waals surface area contributed by atoms with E-state index >= 15 is 0 Å². The van der Waals surface area contributed by atoms with Gasteiger partial charge in [0.05, 0.1) is 0 Å². The minimum atomic E-state index is -1.20. The van der Waals surface area contributed by atoms with Crippen molar-refractivity contribution in [3.8, 4) is 0 Å². The van der Waals surface area contributed by atoms with Crippen molar-refractivity contribution in [2.24, 2.45) is 22.2 Å². The molecular formula is C7H16N4O2. The first-order valence-electron chi connectivity index (χ1n) is 3.94. The predicted molar refractivity (Wildman–Crippen MR) is 50.1 cm³/mol. The Morgan fingerprint density at radius 3 is 2.46 bits per heavy atom. The van der Waals surface area contributed by atoms with Crippen LogP contribution in [0.3, 0.4) is 0 Å². The normalized spacial score (nSPS) is 14.6. The Morgan fingerprint density at radius 2 is 2.08 bits per heavy atom. The first kappa shape index (κ1) is 11.7. The molecule has 13 heavy (non-hydrogen) atoms. The standard InChI is InChI=1S/C7H16N4O2/c1-7(10,5(12)13)3-2-4-11-6(8)9/h2-4,10H2,1H3,(H,12,13)(H4,8,9,11)/t7-/m0/s1. The van der Waals surface area contributed by atoms with Gasteiger partial charge in [0.25, 0.3) is 0 Å². The number of guanidine groups is 1. The molecule has 0 spiro atoms. The summed E-state index contributed by atoms with van der Waals surface area (Å²) in [6.07, 6.45) is 0.899. The van der Waals surface area contributed by atoms with Crippen molar-refractivity contribution in [3.63, 3.8) is 0 Å². The number of aliphatic carboxylic acids is 1. The van der Waals surface area contributed by atoms with Crippen molar-refractivity contribution >= 4 is 11.9 Å². The quantitative estimate of drug-likeness (QED) is 0.246. The average molecular weight is 188 g/mol. The van der Waals surface area contributed by atoms with Crippen molar-refractivity contribution in [1.82, 2.24) is 0 Å². The molecule has 0 aliphatic carbocycles. The summed E-state index contributed by atoms with van der Waals surface area (Å²) < 4.78 is 0. The molecule has 0 unspecified atom stereocenters. The van der Waals surface area contributed by atoms with E-state index in [0.29, 0.717) is 19.4 Å². The van der Waals surface area contributed by atoms with Crippen molar-refractivity contribution in [1.29, 1.82) is 0 Å². The SMILES string of the molecule is C[C@](N)(CCCN=C(N)N)C(=O)O. The molecule has 0 aromatic rings. The van der Waals surface area contributed by atoms with Crippen LogP contribution >= 0.6 is 0 Å². The van der Waals surface area contributed by atoms with E-state index in [-0.39, 0.29) is 5.96 Å². The first-order chi connectivity index (χ1) is 5.86. The van der Waals surface area contributed by atoms with E-state index < -0.39 is 11.5 Å². The number of hydrogen-bond acceptors (Lipinski definition) is 3. The van der Waals surface area contributed by atoms with E-state index in [1.54, 1.807) is 0 Å². The van der Waals surface area contributed by atoms with Gasteiger partial charge in [-0.25, -0.2) is 0 Å². The van der Waals surface area contributed by atoms with Gasteiger partial charge >= 0.3 is 5.97 Å². The summed E-state index contributed by atoms with van der Waals surface area (Å²) >= 11 is 0. The van der Waals surface area contributed by atoms with Gasteiger partial charge < -0.3 is 22.3 Å². The van der Waals surface area contributed by atoms with Crippen LogP contribution in [0.5, 0.6) is 0 Å². The number of nitrogens with two attached hydrogens (primary N) is 3. The Hall–Kier alpha value is -1.30. The van der Waals surface area contributed by atoms with E-state index in [1.807, 2.05) is 0 Å². The van der Waals surface area contributed by atoms with Crippen molar-refractivity contribution in [2.75, 3.05) is 6.54 Å². The summed E-state index contributed by atoms with van der Waals surface area (Å²) in [5.74, 6) is -1.01. The molecule has 0 aliphatic heterocycles. The molecule has 1 atom stereocenters. The van der Waals surface area contributed by atoms with Crippen LogP contribution in [-0.2, 0) is 4.79 Å². The number of rotatable bonds is 5. The summed E-state index contributed by atoms with van der Waals surface area (Å²) in [5.41, 5.74) is 14.4. The second kappa shape index (κ2) is 4.66. The van der Waals surface area contributed by atoms with Crippen LogP contribution in [0, 0.1) is 0 Å². The lowest BCUT2D eigenvalue weighted by Gasteiger charge is -2.17. The largest absolute Gasteiger partial charge is 0.480 e. The van der Waals surface area contributed by atoms with Gasteiger partial charge in [-0.05, 0) is 19.8 Å².